The molecule has 9 heteroatoms. The van der Waals surface area contributed by atoms with Gasteiger partial charge in [0.2, 0.25) is 5.91 Å². The molecule has 2 amide bonds. The lowest BCUT2D eigenvalue weighted by atomic mass is 10.1. The number of alkyl halides is 3. The van der Waals surface area contributed by atoms with Crippen molar-refractivity contribution < 1.29 is 27.2 Å². The Hall–Kier alpha value is -2.94. The maximum absolute atomic E-state index is 13.1. The second-order valence-corrected chi connectivity index (χ2v) is 6.50. The monoisotopic (exact) mass is 411 g/mol. The van der Waals surface area contributed by atoms with E-state index in [-0.39, 0.29) is 30.2 Å². The fourth-order valence-corrected chi connectivity index (χ4v) is 2.66. The highest BCUT2D eigenvalue weighted by atomic mass is 19.4. The molecule has 0 atom stereocenters. The Bertz CT molecular complexity index is 867. The maximum atomic E-state index is 13.1. The molecule has 2 rings (SSSR count). The van der Waals surface area contributed by atoms with Crippen LogP contribution in [0, 0.1) is 5.82 Å². The minimum absolute atomic E-state index is 0.107. The fraction of sp³-hybridized carbons (Fsp3) is 0.300. The molecule has 0 saturated carbocycles. The minimum atomic E-state index is -4.67. The molecular weight excluding hydrogens is 390 g/mol. The number of nitrogens with zero attached hydrogens (tertiary/aromatic N) is 1. The SMILES string of the molecule is CCNC(=O)c1cc(NC(=O)CN(C)Cc2ccc(F)cc2)cc(C(F)(F)F)c1. The molecule has 0 spiro atoms. The van der Waals surface area contributed by atoms with Crippen LogP contribution in [-0.2, 0) is 17.5 Å². The number of carbonyl (C=O) groups excluding carboxylic acids is 2. The summed E-state index contributed by atoms with van der Waals surface area (Å²) in [6, 6.07) is 8.47. The van der Waals surface area contributed by atoms with E-state index < -0.39 is 23.6 Å². The molecule has 156 valence electrons. The Morgan fingerprint density at radius 3 is 2.31 bits per heavy atom. The molecule has 0 aromatic heterocycles. The Balaban J connectivity index is 2.10. The van der Waals surface area contributed by atoms with E-state index in [4.69, 9.17) is 0 Å². The van der Waals surface area contributed by atoms with Gasteiger partial charge in [-0.05, 0) is 49.9 Å². The molecule has 0 aliphatic rings. The largest absolute Gasteiger partial charge is 0.416 e. The lowest BCUT2D eigenvalue weighted by Gasteiger charge is -2.17. The van der Waals surface area contributed by atoms with Crippen LogP contribution in [-0.4, -0.2) is 36.9 Å². The maximum Gasteiger partial charge on any atom is 0.416 e. The highest BCUT2D eigenvalue weighted by Crippen LogP contribution is 2.32. The van der Waals surface area contributed by atoms with Crippen molar-refractivity contribution in [3.05, 3.63) is 65.0 Å². The first-order chi connectivity index (χ1) is 13.6. The number of likely N-dealkylation sites (N-methyl/N-ethyl adjacent to an activating group) is 1. The van der Waals surface area contributed by atoms with Crippen molar-refractivity contribution >= 4 is 17.5 Å². The first-order valence-corrected chi connectivity index (χ1v) is 8.82. The first-order valence-electron chi connectivity index (χ1n) is 8.82. The van der Waals surface area contributed by atoms with E-state index in [2.05, 4.69) is 10.6 Å². The van der Waals surface area contributed by atoms with Gasteiger partial charge in [0.25, 0.3) is 5.91 Å². The van der Waals surface area contributed by atoms with Gasteiger partial charge >= 0.3 is 6.18 Å². The number of halogens is 4. The zero-order valence-corrected chi connectivity index (χ0v) is 15.9. The normalized spacial score (nSPS) is 11.4. The number of hydrogen-bond donors (Lipinski definition) is 2. The molecule has 0 aliphatic heterocycles. The Kier molecular flexibility index (Phi) is 7.33. The summed E-state index contributed by atoms with van der Waals surface area (Å²) in [5.74, 6) is -1.58. The van der Waals surface area contributed by atoms with Gasteiger partial charge < -0.3 is 10.6 Å². The van der Waals surface area contributed by atoms with Crippen LogP contribution in [0.25, 0.3) is 0 Å². The van der Waals surface area contributed by atoms with Crippen molar-refractivity contribution in [2.24, 2.45) is 0 Å². The molecule has 5 nitrogen and oxygen atoms in total. The summed E-state index contributed by atoms with van der Waals surface area (Å²) in [4.78, 5) is 25.8. The predicted molar refractivity (Wildman–Crippen MR) is 101 cm³/mol. The van der Waals surface area contributed by atoms with Gasteiger partial charge in [0.15, 0.2) is 0 Å². The molecule has 29 heavy (non-hydrogen) atoms. The Morgan fingerprint density at radius 2 is 1.72 bits per heavy atom. The smallest absolute Gasteiger partial charge is 0.352 e. The van der Waals surface area contributed by atoms with E-state index in [1.165, 1.54) is 18.2 Å². The third kappa shape index (κ3) is 6.86. The number of carbonyl (C=O) groups is 2. The number of amides is 2. The summed E-state index contributed by atoms with van der Waals surface area (Å²) in [7, 11) is 1.65. The van der Waals surface area contributed by atoms with E-state index in [1.807, 2.05) is 0 Å². The second kappa shape index (κ2) is 9.51. The van der Waals surface area contributed by atoms with Crippen molar-refractivity contribution in [2.75, 3.05) is 25.5 Å². The molecule has 0 radical (unpaired) electrons. The minimum Gasteiger partial charge on any atom is -0.352 e. The van der Waals surface area contributed by atoms with Gasteiger partial charge in [-0.3, -0.25) is 14.5 Å². The molecule has 2 aromatic rings. The highest BCUT2D eigenvalue weighted by molar-refractivity contribution is 5.98. The summed E-state index contributed by atoms with van der Waals surface area (Å²) in [6.07, 6.45) is -4.67. The lowest BCUT2D eigenvalue weighted by Crippen LogP contribution is -2.30. The van der Waals surface area contributed by atoms with Crippen molar-refractivity contribution in [3.8, 4) is 0 Å². The van der Waals surface area contributed by atoms with Crippen LogP contribution in [0.4, 0.5) is 23.2 Å². The third-order valence-corrected chi connectivity index (χ3v) is 3.92. The summed E-state index contributed by atoms with van der Waals surface area (Å²) in [5.41, 5.74) is -0.576. The van der Waals surface area contributed by atoms with Gasteiger partial charge in [-0.1, -0.05) is 12.1 Å². The molecule has 2 N–H and O–H groups in total. The van der Waals surface area contributed by atoms with Crippen LogP contribution in [0.1, 0.15) is 28.4 Å². The first kappa shape index (κ1) is 22.4. The topological polar surface area (TPSA) is 61.4 Å². The van der Waals surface area contributed by atoms with Crippen LogP contribution in [0.15, 0.2) is 42.5 Å². The van der Waals surface area contributed by atoms with Gasteiger partial charge in [-0.25, -0.2) is 4.39 Å². The van der Waals surface area contributed by atoms with E-state index in [9.17, 15) is 27.2 Å². The average Bonchev–Trinajstić information content (AvgIpc) is 2.62. The zero-order valence-electron chi connectivity index (χ0n) is 15.9. The standard InChI is InChI=1S/C20H21F4N3O2/c1-3-25-19(29)14-8-15(20(22,23)24)10-17(9-14)26-18(28)12-27(2)11-13-4-6-16(21)7-5-13/h4-10H,3,11-12H2,1-2H3,(H,25,29)(H,26,28). The van der Waals surface area contributed by atoms with E-state index in [0.29, 0.717) is 6.54 Å². The second-order valence-electron chi connectivity index (χ2n) is 6.50. The van der Waals surface area contributed by atoms with Gasteiger partial charge in [0.1, 0.15) is 5.82 Å². The van der Waals surface area contributed by atoms with Crippen molar-refractivity contribution in [2.45, 2.75) is 19.6 Å². The molecule has 2 aromatic carbocycles. The molecule has 0 aliphatic carbocycles. The highest BCUT2D eigenvalue weighted by Gasteiger charge is 2.32. The summed E-state index contributed by atoms with van der Waals surface area (Å²) in [6.45, 7) is 2.14. The van der Waals surface area contributed by atoms with Gasteiger partial charge in [-0.15, -0.1) is 0 Å². The Labute approximate surface area is 165 Å². The molecule has 0 fully saturated rings. The van der Waals surface area contributed by atoms with Crippen molar-refractivity contribution in [3.63, 3.8) is 0 Å². The summed E-state index contributed by atoms with van der Waals surface area (Å²) in [5, 5.41) is 4.83. The predicted octanol–water partition coefficient (Wildman–Crippen LogP) is 3.66. The van der Waals surface area contributed by atoms with E-state index >= 15 is 0 Å². The third-order valence-electron chi connectivity index (χ3n) is 3.92. The lowest BCUT2D eigenvalue weighted by molar-refractivity contribution is -0.137. The van der Waals surface area contributed by atoms with Crippen LogP contribution < -0.4 is 10.6 Å². The van der Waals surface area contributed by atoms with Gasteiger partial charge in [-0.2, -0.15) is 13.2 Å². The average molecular weight is 411 g/mol. The Morgan fingerprint density at radius 1 is 1.07 bits per heavy atom. The number of rotatable bonds is 7. The van der Waals surface area contributed by atoms with Crippen LogP contribution in [0.3, 0.4) is 0 Å². The van der Waals surface area contributed by atoms with E-state index in [0.717, 1.165) is 17.7 Å². The molecule has 0 saturated heterocycles. The summed E-state index contributed by atoms with van der Waals surface area (Å²) < 4.78 is 52.4. The number of anilines is 1. The zero-order chi connectivity index (χ0) is 21.6. The number of hydrogen-bond acceptors (Lipinski definition) is 3. The molecule has 0 bridgehead atoms. The number of nitrogens with one attached hydrogen (secondary N) is 2. The van der Waals surface area contributed by atoms with Crippen LogP contribution in [0.5, 0.6) is 0 Å². The summed E-state index contributed by atoms with van der Waals surface area (Å²) >= 11 is 0. The van der Waals surface area contributed by atoms with Crippen molar-refractivity contribution in [1.29, 1.82) is 0 Å². The van der Waals surface area contributed by atoms with Crippen LogP contribution in [0.2, 0.25) is 0 Å². The fourth-order valence-electron chi connectivity index (χ4n) is 2.66. The molecule has 0 heterocycles. The molecule has 0 unspecified atom stereocenters. The molecular formula is C20H21F4N3O2. The van der Waals surface area contributed by atoms with E-state index in [1.54, 1.807) is 31.0 Å². The number of benzene rings is 2. The van der Waals surface area contributed by atoms with Gasteiger partial charge in [0.05, 0.1) is 12.1 Å². The quantitative estimate of drug-likeness (QED) is 0.684. The van der Waals surface area contributed by atoms with Crippen LogP contribution >= 0.6 is 0 Å². The van der Waals surface area contributed by atoms with Gasteiger partial charge in [0, 0.05) is 24.3 Å². The van der Waals surface area contributed by atoms with Crippen molar-refractivity contribution in [1.82, 2.24) is 10.2 Å².